The zero-order valence-electron chi connectivity index (χ0n) is 8.08. The first-order chi connectivity index (χ1) is 7.72. The van der Waals surface area contributed by atoms with E-state index in [2.05, 4.69) is 4.98 Å². The molecular weight excluding hydrogens is 263 g/mol. The van der Waals surface area contributed by atoms with Crippen molar-refractivity contribution in [3.63, 3.8) is 0 Å². The second-order valence-electron chi connectivity index (χ2n) is 3.05. The van der Waals surface area contributed by atoms with E-state index in [4.69, 9.17) is 28.5 Å². The van der Waals surface area contributed by atoms with Gasteiger partial charge in [0.15, 0.2) is 0 Å². The SMILES string of the molecule is N#CCc1nc(-c2ccccc2Cl)sc1Cl. The van der Waals surface area contributed by atoms with Gasteiger partial charge in [-0.2, -0.15) is 5.26 Å². The number of benzene rings is 1. The van der Waals surface area contributed by atoms with Crippen molar-refractivity contribution in [2.24, 2.45) is 0 Å². The van der Waals surface area contributed by atoms with Crippen molar-refractivity contribution in [3.8, 4) is 16.6 Å². The molecule has 0 fully saturated rings. The van der Waals surface area contributed by atoms with E-state index in [-0.39, 0.29) is 6.42 Å². The average molecular weight is 269 g/mol. The van der Waals surface area contributed by atoms with Crippen molar-refractivity contribution in [3.05, 3.63) is 39.3 Å². The first-order valence-corrected chi connectivity index (χ1v) is 6.06. The summed E-state index contributed by atoms with van der Waals surface area (Å²) >= 11 is 13.4. The van der Waals surface area contributed by atoms with E-state index in [1.807, 2.05) is 24.3 Å². The van der Waals surface area contributed by atoms with E-state index in [9.17, 15) is 0 Å². The molecule has 0 N–H and O–H groups in total. The molecule has 0 aliphatic carbocycles. The van der Waals surface area contributed by atoms with Crippen molar-refractivity contribution < 1.29 is 0 Å². The lowest BCUT2D eigenvalue weighted by Gasteiger charge is -1.97. The van der Waals surface area contributed by atoms with Crippen molar-refractivity contribution >= 4 is 34.5 Å². The van der Waals surface area contributed by atoms with Crippen molar-refractivity contribution in [2.75, 3.05) is 0 Å². The molecule has 0 aliphatic rings. The van der Waals surface area contributed by atoms with Gasteiger partial charge in [0.1, 0.15) is 9.34 Å². The van der Waals surface area contributed by atoms with Gasteiger partial charge in [0.25, 0.3) is 0 Å². The van der Waals surface area contributed by atoms with Gasteiger partial charge in [-0.1, -0.05) is 41.4 Å². The second-order valence-corrected chi connectivity index (χ2v) is 5.06. The van der Waals surface area contributed by atoms with Crippen LogP contribution >= 0.6 is 34.5 Å². The topological polar surface area (TPSA) is 36.7 Å². The van der Waals surface area contributed by atoms with Crippen LogP contribution in [0.5, 0.6) is 0 Å². The van der Waals surface area contributed by atoms with E-state index in [1.165, 1.54) is 11.3 Å². The molecule has 5 heteroatoms. The van der Waals surface area contributed by atoms with E-state index in [0.29, 0.717) is 15.1 Å². The fourth-order valence-corrected chi connectivity index (χ4v) is 2.73. The Morgan fingerprint density at radius 3 is 2.75 bits per heavy atom. The van der Waals surface area contributed by atoms with Crippen LogP contribution in [0.15, 0.2) is 24.3 Å². The number of rotatable bonds is 2. The van der Waals surface area contributed by atoms with Crippen molar-refractivity contribution in [1.29, 1.82) is 5.26 Å². The van der Waals surface area contributed by atoms with Gasteiger partial charge in [-0.3, -0.25) is 0 Å². The predicted molar refractivity (Wildman–Crippen MR) is 66.9 cm³/mol. The molecule has 0 saturated carbocycles. The molecule has 16 heavy (non-hydrogen) atoms. The summed E-state index contributed by atoms with van der Waals surface area (Å²) in [5.41, 5.74) is 1.46. The lowest BCUT2D eigenvalue weighted by Crippen LogP contribution is -1.83. The highest BCUT2D eigenvalue weighted by Crippen LogP contribution is 2.35. The minimum atomic E-state index is 0.222. The molecule has 1 heterocycles. The molecule has 0 saturated heterocycles. The quantitative estimate of drug-likeness (QED) is 0.819. The lowest BCUT2D eigenvalue weighted by molar-refractivity contribution is 1.16. The Bertz CT molecular complexity index is 557. The largest absolute Gasteiger partial charge is 0.238 e. The van der Waals surface area contributed by atoms with E-state index < -0.39 is 0 Å². The van der Waals surface area contributed by atoms with Crippen LogP contribution in [0.25, 0.3) is 10.6 Å². The number of halogens is 2. The number of hydrogen-bond donors (Lipinski definition) is 0. The number of nitriles is 1. The summed E-state index contributed by atoms with van der Waals surface area (Å²) < 4.78 is 0.552. The maximum Gasteiger partial charge on any atom is 0.126 e. The number of thiazole rings is 1. The first-order valence-electron chi connectivity index (χ1n) is 4.49. The van der Waals surface area contributed by atoms with Gasteiger partial charge in [0.05, 0.1) is 23.2 Å². The molecule has 0 radical (unpaired) electrons. The summed E-state index contributed by atoms with van der Waals surface area (Å²) in [6.07, 6.45) is 0.222. The van der Waals surface area contributed by atoms with Crippen molar-refractivity contribution in [2.45, 2.75) is 6.42 Å². The summed E-state index contributed by atoms with van der Waals surface area (Å²) in [5, 5.41) is 9.99. The van der Waals surface area contributed by atoms with Gasteiger partial charge in [0.2, 0.25) is 0 Å². The van der Waals surface area contributed by atoms with Gasteiger partial charge in [-0.05, 0) is 6.07 Å². The first kappa shape index (κ1) is 11.4. The smallest absolute Gasteiger partial charge is 0.126 e. The Labute approximate surface area is 107 Å². The van der Waals surface area contributed by atoms with Crippen LogP contribution < -0.4 is 0 Å². The average Bonchev–Trinajstić information content (AvgIpc) is 2.61. The van der Waals surface area contributed by atoms with Gasteiger partial charge in [-0.15, -0.1) is 11.3 Å². The fourth-order valence-electron chi connectivity index (χ4n) is 1.27. The van der Waals surface area contributed by atoms with Crippen LogP contribution in [0, 0.1) is 11.3 Å². The Hall–Kier alpha value is -1.08. The zero-order valence-corrected chi connectivity index (χ0v) is 10.4. The molecule has 0 aliphatic heterocycles. The normalized spacial score (nSPS) is 10.1. The van der Waals surface area contributed by atoms with Gasteiger partial charge in [0, 0.05) is 5.56 Å². The molecule has 2 aromatic rings. The number of hydrogen-bond acceptors (Lipinski definition) is 3. The molecule has 1 aromatic heterocycles. The van der Waals surface area contributed by atoms with E-state index in [0.717, 1.165) is 10.6 Å². The maximum atomic E-state index is 8.61. The van der Waals surface area contributed by atoms with Gasteiger partial charge >= 0.3 is 0 Å². The third-order valence-electron chi connectivity index (χ3n) is 2.00. The highest BCUT2D eigenvalue weighted by Gasteiger charge is 2.12. The van der Waals surface area contributed by atoms with Crippen LogP contribution in [0.4, 0.5) is 0 Å². The Kier molecular flexibility index (Phi) is 3.45. The third kappa shape index (κ3) is 2.19. The predicted octanol–water partition coefficient (Wildman–Crippen LogP) is 4.18. The Morgan fingerprint density at radius 2 is 2.06 bits per heavy atom. The molecule has 0 unspecified atom stereocenters. The monoisotopic (exact) mass is 268 g/mol. The highest BCUT2D eigenvalue weighted by molar-refractivity contribution is 7.19. The van der Waals surface area contributed by atoms with Gasteiger partial charge < -0.3 is 0 Å². The Balaban J connectivity index is 2.46. The maximum absolute atomic E-state index is 8.61. The van der Waals surface area contributed by atoms with Gasteiger partial charge in [-0.25, -0.2) is 4.98 Å². The van der Waals surface area contributed by atoms with Crippen LogP contribution in [-0.4, -0.2) is 4.98 Å². The molecule has 1 aromatic carbocycles. The lowest BCUT2D eigenvalue weighted by atomic mass is 10.2. The second kappa shape index (κ2) is 4.84. The molecule has 0 bridgehead atoms. The van der Waals surface area contributed by atoms with Crippen LogP contribution in [0.2, 0.25) is 9.36 Å². The summed E-state index contributed by atoms with van der Waals surface area (Å²) in [6.45, 7) is 0. The summed E-state index contributed by atoms with van der Waals surface area (Å²) in [5.74, 6) is 0. The molecule has 2 nitrogen and oxygen atoms in total. The summed E-state index contributed by atoms with van der Waals surface area (Å²) in [4.78, 5) is 4.31. The minimum Gasteiger partial charge on any atom is -0.238 e. The summed E-state index contributed by atoms with van der Waals surface area (Å²) in [6, 6.07) is 9.46. The summed E-state index contributed by atoms with van der Waals surface area (Å²) in [7, 11) is 0. The molecule has 0 atom stereocenters. The molecule has 2 rings (SSSR count). The standard InChI is InChI=1S/C11H6Cl2N2S/c12-8-4-2-1-3-7(8)11-15-9(5-6-14)10(13)16-11/h1-4H,5H2. The molecule has 0 amide bonds. The highest BCUT2D eigenvalue weighted by atomic mass is 35.5. The molecular formula is C11H6Cl2N2S. The Morgan fingerprint density at radius 1 is 1.31 bits per heavy atom. The fraction of sp³-hybridized carbons (Fsp3) is 0.0909. The van der Waals surface area contributed by atoms with Crippen LogP contribution in [-0.2, 0) is 6.42 Å². The molecule has 0 spiro atoms. The number of nitrogens with zero attached hydrogens (tertiary/aromatic N) is 2. The minimum absolute atomic E-state index is 0.222. The van der Waals surface area contributed by atoms with Crippen molar-refractivity contribution in [1.82, 2.24) is 4.98 Å². The molecule has 80 valence electrons. The van der Waals surface area contributed by atoms with Crippen LogP contribution in [0.1, 0.15) is 5.69 Å². The zero-order chi connectivity index (χ0) is 11.5. The van der Waals surface area contributed by atoms with Crippen LogP contribution in [0.3, 0.4) is 0 Å². The third-order valence-corrected chi connectivity index (χ3v) is 3.70. The van der Waals surface area contributed by atoms with E-state index >= 15 is 0 Å². The van der Waals surface area contributed by atoms with E-state index in [1.54, 1.807) is 6.07 Å². The number of aromatic nitrogens is 1.